The summed E-state index contributed by atoms with van der Waals surface area (Å²) in [5, 5.41) is 0. The van der Waals surface area contributed by atoms with Crippen molar-refractivity contribution < 1.29 is 28.6 Å². The number of hydrogen-bond acceptors (Lipinski definition) is 4. The molecule has 0 aromatic carbocycles. The fourth-order valence-corrected chi connectivity index (χ4v) is 2.27. The normalized spacial score (nSPS) is 21.0. The number of ether oxygens (including phenoxy) is 2. The van der Waals surface area contributed by atoms with Gasteiger partial charge in [0.25, 0.3) is 0 Å². The molecule has 8 heteroatoms. The van der Waals surface area contributed by atoms with Gasteiger partial charge in [-0.05, 0) is 24.7 Å². The van der Waals surface area contributed by atoms with Crippen LogP contribution >= 0.6 is 0 Å². The number of nitrogens with zero attached hydrogens (tertiary/aromatic N) is 4. The SMILES string of the molecule is [N-]=[N+]=CC(=O)OCC1CCCCC1COC(=O)C=[N+]=[N-]. The Morgan fingerprint density at radius 3 is 1.70 bits per heavy atom. The summed E-state index contributed by atoms with van der Waals surface area (Å²) in [4.78, 5) is 27.3. The van der Waals surface area contributed by atoms with E-state index in [9.17, 15) is 9.59 Å². The number of hydrogen-bond donors (Lipinski definition) is 0. The summed E-state index contributed by atoms with van der Waals surface area (Å²) in [5.74, 6) is -1.22. The van der Waals surface area contributed by atoms with Crippen molar-refractivity contribution in [3.05, 3.63) is 11.1 Å². The van der Waals surface area contributed by atoms with E-state index in [1.165, 1.54) is 0 Å². The molecular weight excluding hydrogens is 264 g/mol. The second-order valence-corrected chi connectivity index (χ2v) is 4.55. The van der Waals surface area contributed by atoms with Crippen LogP contribution in [0.5, 0.6) is 0 Å². The fraction of sp³-hybridized carbons (Fsp3) is 0.667. The van der Waals surface area contributed by atoms with E-state index in [2.05, 4.69) is 9.58 Å². The van der Waals surface area contributed by atoms with E-state index in [0.717, 1.165) is 25.7 Å². The Balaban J connectivity index is 2.45. The highest BCUT2D eigenvalue weighted by atomic mass is 16.5. The van der Waals surface area contributed by atoms with E-state index in [1.807, 2.05) is 0 Å². The Kier molecular flexibility index (Phi) is 6.89. The van der Waals surface area contributed by atoms with Gasteiger partial charge in [-0.15, -0.1) is 0 Å². The maximum absolute atomic E-state index is 11.1. The molecule has 0 spiro atoms. The summed E-state index contributed by atoms with van der Waals surface area (Å²) in [6.45, 7) is 0.391. The van der Waals surface area contributed by atoms with Gasteiger partial charge >= 0.3 is 24.4 Å². The molecule has 0 saturated heterocycles. The molecule has 1 aliphatic carbocycles. The van der Waals surface area contributed by atoms with Gasteiger partial charge in [0.15, 0.2) is 0 Å². The van der Waals surface area contributed by atoms with Crippen LogP contribution in [0.4, 0.5) is 0 Å². The largest absolute Gasteiger partial charge is 0.457 e. The molecule has 0 N–H and O–H groups in total. The predicted octanol–water partition coefficient (Wildman–Crippen LogP) is 0.480. The summed E-state index contributed by atoms with van der Waals surface area (Å²) >= 11 is 0. The Bertz CT molecular complexity index is 410. The third kappa shape index (κ3) is 5.56. The van der Waals surface area contributed by atoms with Gasteiger partial charge in [0.05, 0.1) is 13.2 Å². The van der Waals surface area contributed by atoms with E-state index in [4.69, 9.17) is 20.5 Å². The Hall–Kier alpha value is -2.30. The molecule has 0 heterocycles. The zero-order chi connectivity index (χ0) is 14.8. The lowest BCUT2D eigenvalue weighted by Gasteiger charge is -2.30. The van der Waals surface area contributed by atoms with Crippen LogP contribution in [0.25, 0.3) is 11.1 Å². The minimum Gasteiger partial charge on any atom is -0.457 e. The maximum atomic E-state index is 11.1. The summed E-state index contributed by atoms with van der Waals surface area (Å²) in [7, 11) is 0. The standard InChI is InChI=1S/C12H16N4O4/c13-15-5-11(17)19-7-9-3-1-2-4-10(9)8-20-12(18)6-16-14/h5-6,9-10H,1-4,7-8H2. The summed E-state index contributed by atoms with van der Waals surface area (Å²) in [5.41, 5.74) is 16.4. The van der Waals surface area contributed by atoms with E-state index < -0.39 is 11.9 Å². The fourth-order valence-electron chi connectivity index (χ4n) is 2.27. The molecule has 1 rings (SSSR count). The molecule has 20 heavy (non-hydrogen) atoms. The zero-order valence-corrected chi connectivity index (χ0v) is 11.0. The number of carbonyl (C=O) groups is 2. The lowest BCUT2D eigenvalue weighted by molar-refractivity contribution is -0.145. The van der Waals surface area contributed by atoms with Crippen molar-refractivity contribution in [1.82, 2.24) is 0 Å². The van der Waals surface area contributed by atoms with Crippen LogP contribution in [0, 0.1) is 11.8 Å². The quantitative estimate of drug-likeness (QED) is 0.303. The maximum Gasteiger partial charge on any atom is 0.413 e. The molecule has 0 aromatic heterocycles. The zero-order valence-electron chi connectivity index (χ0n) is 11.0. The predicted molar refractivity (Wildman–Crippen MR) is 66.7 cm³/mol. The van der Waals surface area contributed by atoms with Gasteiger partial charge in [-0.25, -0.2) is 9.59 Å². The molecular formula is C12H16N4O4. The van der Waals surface area contributed by atoms with Crippen molar-refractivity contribution in [3.63, 3.8) is 0 Å². The first-order chi connectivity index (χ1) is 9.67. The van der Waals surface area contributed by atoms with Crippen LogP contribution in [0.2, 0.25) is 0 Å². The van der Waals surface area contributed by atoms with E-state index >= 15 is 0 Å². The van der Waals surface area contributed by atoms with Crippen molar-refractivity contribution in [2.75, 3.05) is 13.2 Å². The Morgan fingerprint density at radius 2 is 1.35 bits per heavy atom. The van der Waals surface area contributed by atoms with Crippen LogP contribution in [0.1, 0.15) is 25.7 Å². The van der Waals surface area contributed by atoms with Crippen molar-refractivity contribution in [3.8, 4) is 0 Å². The highest BCUT2D eigenvalue weighted by molar-refractivity contribution is 6.20. The summed E-state index contributed by atoms with van der Waals surface area (Å²) < 4.78 is 9.90. The summed E-state index contributed by atoms with van der Waals surface area (Å²) in [6.07, 6.45) is 5.18. The van der Waals surface area contributed by atoms with Gasteiger partial charge in [0, 0.05) is 0 Å². The minimum absolute atomic E-state index is 0.0960. The summed E-state index contributed by atoms with van der Waals surface area (Å²) in [6, 6.07) is 0. The van der Waals surface area contributed by atoms with Gasteiger partial charge in [0.2, 0.25) is 0 Å². The van der Waals surface area contributed by atoms with Crippen LogP contribution < -0.4 is 0 Å². The van der Waals surface area contributed by atoms with Crippen molar-refractivity contribution in [1.29, 1.82) is 0 Å². The molecule has 1 aliphatic rings. The average molecular weight is 280 g/mol. The second-order valence-electron chi connectivity index (χ2n) is 4.55. The van der Waals surface area contributed by atoms with Crippen LogP contribution in [0.15, 0.2) is 0 Å². The molecule has 0 aromatic rings. The average Bonchev–Trinajstić information content (AvgIpc) is 2.44. The molecule has 2 unspecified atom stereocenters. The highest BCUT2D eigenvalue weighted by Gasteiger charge is 2.27. The Morgan fingerprint density at radius 1 is 0.950 bits per heavy atom. The van der Waals surface area contributed by atoms with Gasteiger partial charge in [-0.3, -0.25) is 0 Å². The lowest BCUT2D eigenvalue weighted by atomic mass is 9.80. The third-order valence-corrected chi connectivity index (χ3v) is 3.27. The van der Waals surface area contributed by atoms with Gasteiger partial charge in [-0.1, -0.05) is 12.8 Å². The molecule has 1 saturated carbocycles. The second kappa shape index (κ2) is 8.74. The smallest absolute Gasteiger partial charge is 0.413 e. The topological polar surface area (TPSA) is 125 Å². The molecule has 1 fully saturated rings. The van der Waals surface area contributed by atoms with Gasteiger partial charge < -0.3 is 20.5 Å². The van der Waals surface area contributed by atoms with Crippen LogP contribution in [0.3, 0.4) is 0 Å². The number of esters is 2. The van der Waals surface area contributed by atoms with Gasteiger partial charge in [0.1, 0.15) is 0 Å². The Labute approximate surface area is 115 Å². The molecule has 0 radical (unpaired) electrons. The van der Waals surface area contributed by atoms with Crippen molar-refractivity contribution in [2.24, 2.45) is 11.8 Å². The molecule has 2 atom stereocenters. The van der Waals surface area contributed by atoms with E-state index in [-0.39, 0.29) is 25.0 Å². The van der Waals surface area contributed by atoms with Crippen molar-refractivity contribution >= 4 is 24.4 Å². The van der Waals surface area contributed by atoms with Gasteiger partial charge in [-0.2, -0.15) is 9.58 Å². The monoisotopic (exact) mass is 280 g/mol. The minimum atomic E-state index is -0.707. The molecule has 0 amide bonds. The third-order valence-electron chi connectivity index (χ3n) is 3.27. The molecule has 8 nitrogen and oxygen atoms in total. The molecule has 0 aliphatic heterocycles. The first-order valence-corrected chi connectivity index (χ1v) is 6.35. The lowest BCUT2D eigenvalue weighted by Crippen LogP contribution is -2.30. The molecule has 108 valence electrons. The van der Waals surface area contributed by atoms with Crippen LogP contribution in [-0.2, 0) is 19.1 Å². The first kappa shape index (κ1) is 15.8. The highest BCUT2D eigenvalue weighted by Crippen LogP contribution is 2.30. The van der Waals surface area contributed by atoms with E-state index in [1.54, 1.807) is 0 Å². The van der Waals surface area contributed by atoms with E-state index in [0.29, 0.717) is 12.4 Å². The molecule has 0 bridgehead atoms. The van der Waals surface area contributed by atoms with Crippen LogP contribution in [-0.4, -0.2) is 47.2 Å². The first-order valence-electron chi connectivity index (χ1n) is 6.35. The number of carbonyl (C=O) groups excluding carboxylic acids is 2. The van der Waals surface area contributed by atoms with Crippen molar-refractivity contribution in [2.45, 2.75) is 25.7 Å². The number of rotatable bonds is 6.